The Labute approximate surface area is 88.4 Å². The van der Waals surface area contributed by atoms with Gasteiger partial charge in [0.15, 0.2) is 0 Å². The molecule has 0 spiro atoms. The third-order valence-electron chi connectivity index (χ3n) is 1.98. The topological polar surface area (TPSA) is 90.3 Å². The molecule has 84 valence electrons. The molecule has 1 heterocycles. The molecule has 0 radical (unpaired) electrons. The lowest BCUT2D eigenvalue weighted by atomic mass is 10.3. The average Bonchev–Trinajstić information content (AvgIpc) is 2.28. The van der Waals surface area contributed by atoms with E-state index in [9.17, 15) is 0 Å². The van der Waals surface area contributed by atoms with Gasteiger partial charge in [0.2, 0.25) is 5.95 Å². The molecule has 0 aliphatic carbocycles. The van der Waals surface area contributed by atoms with Gasteiger partial charge in [-0.1, -0.05) is 0 Å². The molecule has 0 saturated heterocycles. The maximum atomic E-state index is 8.92. The van der Waals surface area contributed by atoms with Crippen molar-refractivity contribution in [1.29, 1.82) is 0 Å². The summed E-state index contributed by atoms with van der Waals surface area (Å²) in [6, 6.07) is -0.400. The quantitative estimate of drug-likeness (QED) is 0.530. The monoisotopic (exact) mass is 212 g/mol. The minimum absolute atomic E-state index is 0.144. The van der Waals surface area contributed by atoms with Crippen LogP contribution >= 0.6 is 0 Å². The van der Waals surface area contributed by atoms with E-state index < -0.39 is 6.04 Å². The van der Waals surface area contributed by atoms with E-state index in [2.05, 4.69) is 20.6 Å². The van der Waals surface area contributed by atoms with E-state index in [1.165, 1.54) is 0 Å². The molecular weight excluding hydrogens is 196 g/mol. The highest BCUT2D eigenvalue weighted by molar-refractivity contribution is 5.46. The largest absolute Gasteiger partial charge is 0.394 e. The zero-order chi connectivity index (χ0) is 11.3. The second kappa shape index (κ2) is 5.47. The first-order valence-corrected chi connectivity index (χ1v) is 4.71. The molecule has 1 aromatic heterocycles. The molecule has 0 amide bonds. The molecule has 0 bridgehead atoms. The van der Waals surface area contributed by atoms with Crippen LogP contribution in [-0.2, 0) is 0 Å². The molecule has 6 nitrogen and oxygen atoms in total. The molecule has 0 aromatic carbocycles. The van der Waals surface area contributed by atoms with Crippen LogP contribution in [0, 0.1) is 6.92 Å². The van der Waals surface area contributed by atoms with Crippen LogP contribution in [0.25, 0.3) is 0 Å². The van der Waals surface area contributed by atoms with Crippen LogP contribution in [0.1, 0.15) is 5.56 Å². The number of aliphatic hydroxyl groups excluding tert-OH is 2. The summed E-state index contributed by atoms with van der Waals surface area (Å²) in [6.45, 7) is 1.57. The SMILES string of the molecule is CNc1ncc(C)c(NC(CO)CO)n1. The van der Waals surface area contributed by atoms with Crippen LogP contribution in [-0.4, -0.2) is 46.5 Å². The van der Waals surface area contributed by atoms with Crippen molar-refractivity contribution < 1.29 is 10.2 Å². The summed E-state index contributed by atoms with van der Waals surface area (Å²) in [4.78, 5) is 8.20. The fraction of sp³-hybridized carbons (Fsp3) is 0.556. The van der Waals surface area contributed by atoms with E-state index >= 15 is 0 Å². The maximum absolute atomic E-state index is 8.92. The van der Waals surface area contributed by atoms with Gasteiger partial charge in [0.1, 0.15) is 5.82 Å². The summed E-state index contributed by atoms with van der Waals surface area (Å²) in [5.74, 6) is 1.11. The van der Waals surface area contributed by atoms with E-state index in [4.69, 9.17) is 10.2 Å². The molecule has 0 atom stereocenters. The fourth-order valence-corrected chi connectivity index (χ4v) is 1.05. The Morgan fingerprint density at radius 3 is 2.60 bits per heavy atom. The summed E-state index contributed by atoms with van der Waals surface area (Å²) in [5, 5.41) is 23.6. The van der Waals surface area contributed by atoms with Crippen molar-refractivity contribution in [3.63, 3.8) is 0 Å². The lowest BCUT2D eigenvalue weighted by molar-refractivity contribution is 0.203. The first-order valence-electron chi connectivity index (χ1n) is 4.71. The van der Waals surface area contributed by atoms with Crippen molar-refractivity contribution in [2.45, 2.75) is 13.0 Å². The zero-order valence-electron chi connectivity index (χ0n) is 8.86. The van der Waals surface area contributed by atoms with E-state index in [1.807, 2.05) is 6.92 Å². The number of nitrogens with zero attached hydrogens (tertiary/aromatic N) is 2. The Morgan fingerprint density at radius 2 is 2.07 bits per heavy atom. The number of aromatic nitrogens is 2. The summed E-state index contributed by atoms with van der Waals surface area (Å²) >= 11 is 0. The van der Waals surface area contributed by atoms with Crippen molar-refractivity contribution in [2.75, 3.05) is 30.9 Å². The highest BCUT2D eigenvalue weighted by Gasteiger charge is 2.09. The van der Waals surface area contributed by atoms with Gasteiger partial charge >= 0.3 is 0 Å². The summed E-state index contributed by atoms with van der Waals surface area (Å²) in [6.07, 6.45) is 1.67. The Hall–Kier alpha value is -1.40. The van der Waals surface area contributed by atoms with Crippen LogP contribution in [0.3, 0.4) is 0 Å². The average molecular weight is 212 g/mol. The molecule has 0 aliphatic heterocycles. The van der Waals surface area contributed by atoms with Gasteiger partial charge in [0, 0.05) is 18.8 Å². The summed E-state index contributed by atoms with van der Waals surface area (Å²) < 4.78 is 0. The van der Waals surface area contributed by atoms with Gasteiger partial charge in [-0.05, 0) is 6.92 Å². The number of rotatable bonds is 5. The maximum Gasteiger partial charge on any atom is 0.224 e. The van der Waals surface area contributed by atoms with Crippen molar-refractivity contribution in [3.05, 3.63) is 11.8 Å². The van der Waals surface area contributed by atoms with E-state index in [-0.39, 0.29) is 13.2 Å². The van der Waals surface area contributed by atoms with E-state index in [0.717, 1.165) is 5.56 Å². The number of nitrogens with one attached hydrogen (secondary N) is 2. The molecular formula is C9H16N4O2. The van der Waals surface area contributed by atoms with Crippen LogP contribution in [0.15, 0.2) is 6.20 Å². The van der Waals surface area contributed by atoms with Gasteiger partial charge in [-0.3, -0.25) is 0 Å². The number of hydrogen-bond donors (Lipinski definition) is 4. The van der Waals surface area contributed by atoms with Crippen LogP contribution in [0.4, 0.5) is 11.8 Å². The molecule has 15 heavy (non-hydrogen) atoms. The third-order valence-corrected chi connectivity index (χ3v) is 1.98. The number of aryl methyl sites for hydroxylation is 1. The molecule has 0 saturated carbocycles. The minimum Gasteiger partial charge on any atom is -0.394 e. The van der Waals surface area contributed by atoms with Crippen molar-refractivity contribution >= 4 is 11.8 Å². The summed E-state index contributed by atoms with van der Waals surface area (Å²) in [7, 11) is 1.73. The van der Waals surface area contributed by atoms with Crippen molar-refractivity contribution in [1.82, 2.24) is 9.97 Å². The predicted octanol–water partition coefficient (Wildman–Crippen LogP) is -0.408. The van der Waals surface area contributed by atoms with E-state index in [0.29, 0.717) is 11.8 Å². The number of hydrogen-bond acceptors (Lipinski definition) is 6. The first kappa shape index (κ1) is 11.7. The Morgan fingerprint density at radius 1 is 1.40 bits per heavy atom. The molecule has 0 aliphatic rings. The van der Waals surface area contributed by atoms with Gasteiger partial charge in [-0.15, -0.1) is 0 Å². The van der Waals surface area contributed by atoms with Gasteiger partial charge in [0.05, 0.1) is 19.3 Å². The second-order valence-electron chi connectivity index (χ2n) is 3.18. The predicted molar refractivity (Wildman–Crippen MR) is 57.9 cm³/mol. The highest BCUT2D eigenvalue weighted by atomic mass is 16.3. The van der Waals surface area contributed by atoms with Crippen molar-refractivity contribution in [2.24, 2.45) is 0 Å². The van der Waals surface area contributed by atoms with Crippen LogP contribution < -0.4 is 10.6 Å². The minimum atomic E-state index is -0.400. The Bertz CT molecular complexity index is 315. The van der Waals surface area contributed by atoms with Gasteiger partial charge in [-0.2, -0.15) is 4.98 Å². The Balaban J connectivity index is 2.82. The van der Waals surface area contributed by atoms with Crippen molar-refractivity contribution in [3.8, 4) is 0 Å². The molecule has 0 unspecified atom stereocenters. The standard InChI is InChI=1S/C9H16N4O2/c1-6-3-11-9(10-2)13-8(6)12-7(4-14)5-15/h3,7,14-15H,4-5H2,1-2H3,(H2,10,11,12,13). The van der Waals surface area contributed by atoms with Crippen LogP contribution in [0.5, 0.6) is 0 Å². The third kappa shape index (κ3) is 3.03. The van der Waals surface area contributed by atoms with Gasteiger partial charge in [-0.25, -0.2) is 4.98 Å². The number of aliphatic hydroxyl groups is 2. The number of anilines is 2. The van der Waals surface area contributed by atoms with Crippen LogP contribution in [0.2, 0.25) is 0 Å². The first-order chi connectivity index (χ1) is 7.21. The molecule has 4 N–H and O–H groups in total. The summed E-state index contributed by atoms with van der Waals surface area (Å²) in [5.41, 5.74) is 0.862. The lowest BCUT2D eigenvalue weighted by Crippen LogP contribution is -2.28. The van der Waals surface area contributed by atoms with E-state index in [1.54, 1.807) is 13.2 Å². The fourth-order valence-electron chi connectivity index (χ4n) is 1.05. The molecule has 1 aromatic rings. The molecule has 0 fully saturated rings. The van der Waals surface area contributed by atoms with Gasteiger partial charge in [0.25, 0.3) is 0 Å². The lowest BCUT2D eigenvalue weighted by Gasteiger charge is -2.15. The highest BCUT2D eigenvalue weighted by Crippen LogP contribution is 2.12. The second-order valence-corrected chi connectivity index (χ2v) is 3.18. The van der Waals surface area contributed by atoms with Gasteiger partial charge < -0.3 is 20.8 Å². The smallest absolute Gasteiger partial charge is 0.224 e. The normalized spacial score (nSPS) is 10.5. The molecule has 6 heteroatoms. The molecule has 1 rings (SSSR count). The Kier molecular flexibility index (Phi) is 4.26. The zero-order valence-corrected chi connectivity index (χ0v) is 8.86.